The molecule has 1 saturated carbocycles. The lowest BCUT2D eigenvalue weighted by Crippen LogP contribution is -2.53. The lowest BCUT2D eigenvalue weighted by atomic mass is 9.80. The summed E-state index contributed by atoms with van der Waals surface area (Å²) in [6.07, 6.45) is 4.65. The molecule has 156 valence electrons. The van der Waals surface area contributed by atoms with Crippen LogP contribution < -0.4 is 4.74 Å². The molecule has 2 aliphatic rings. The van der Waals surface area contributed by atoms with E-state index < -0.39 is 5.60 Å². The maximum absolute atomic E-state index is 12.3. The Hall–Kier alpha value is -1.02. The summed E-state index contributed by atoms with van der Waals surface area (Å²) >= 11 is 2.34. The third kappa shape index (κ3) is 5.53. The van der Waals surface area contributed by atoms with Crippen LogP contribution in [0, 0.1) is 3.57 Å². The molecule has 0 atom stereocenters. The maximum atomic E-state index is 12.3. The Morgan fingerprint density at radius 2 is 1.71 bits per heavy atom. The van der Waals surface area contributed by atoms with Gasteiger partial charge in [0.1, 0.15) is 11.4 Å². The van der Waals surface area contributed by atoms with Gasteiger partial charge in [0.05, 0.1) is 7.11 Å². The number of halogens is 1. The van der Waals surface area contributed by atoms with Crippen LogP contribution in [0.3, 0.4) is 0 Å². The topological polar surface area (TPSA) is 42.0 Å². The molecule has 1 heterocycles. The van der Waals surface area contributed by atoms with E-state index in [1.54, 1.807) is 7.11 Å². The molecule has 1 aliphatic carbocycles. The summed E-state index contributed by atoms with van der Waals surface area (Å²) < 4.78 is 12.4. The lowest BCUT2D eigenvalue weighted by molar-refractivity contribution is 0.00787. The molecule has 0 aromatic heterocycles. The van der Waals surface area contributed by atoms with Crippen LogP contribution >= 0.6 is 22.6 Å². The van der Waals surface area contributed by atoms with Gasteiger partial charge in [0, 0.05) is 35.8 Å². The number of hydrogen-bond donors (Lipinski definition) is 0. The van der Waals surface area contributed by atoms with Crippen molar-refractivity contribution in [3.8, 4) is 5.75 Å². The number of carbonyl (C=O) groups excluding carboxylic acids is 1. The number of benzene rings is 1. The van der Waals surface area contributed by atoms with Crippen LogP contribution in [0.5, 0.6) is 5.75 Å². The quantitative estimate of drug-likeness (QED) is 0.555. The molecule has 1 saturated heterocycles. The van der Waals surface area contributed by atoms with Gasteiger partial charge in [-0.25, -0.2) is 4.79 Å². The van der Waals surface area contributed by atoms with Crippen molar-refractivity contribution in [2.75, 3.05) is 33.3 Å². The first-order chi connectivity index (χ1) is 13.3. The second-order valence-electron chi connectivity index (χ2n) is 8.90. The Labute approximate surface area is 182 Å². The van der Waals surface area contributed by atoms with Crippen LogP contribution in [0.4, 0.5) is 4.79 Å². The maximum Gasteiger partial charge on any atom is 0.410 e. The van der Waals surface area contributed by atoms with Gasteiger partial charge in [0.15, 0.2) is 0 Å². The van der Waals surface area contributed by atoms with Crippen molar-refractivity contribution in [3.63, 3.8) is 0 Å². The van der Waals surface area contributed by atoms with Crippen LogP contribution in [0.25, 0.3) is 0 Å². The highest BCUT2D eigenvalue weighted by Gasteiger charge is 2.32. The van der Waals surface area contributed by atoms with Crippen LogP contribution in [0.2, 0.25) is 0 Å². The predicted molar refractivity (Wildman–Crippen MR) is 120 cm³/mol. The molecule has 1 aromatic rings. The lowest BCUT2D eigenvalue weighted by Gasteiger charge is -2.42. The first-order valence-corrected chi connectivity index (χ1v) is 11.4. The molecule has 28 heavy (non-hydrogen) atoms. The number of ether oxygens (including phenoxy) is 2. The van der Waals surface area contributed by atoms with Crippen molar-refractivity contribution in [1.82, 2.24) is 9.80 Å². The largest absolute Gasteiger partial charge is 0.496 e. The van der Waals surface area contributed by atoms with E-state index in [2.05, 4.69) is 45.7 Å². The molecule has 2 fully saturated rings. The summed E-state index contributed by atoms with van der Waals surface area (Å²) in [5.41, 5.74) is 0.930. The minimum Gasteiger partial charge on any atom is -0.496 e. The van der Waals surface area contributed by atoms with Crippen molar-refractivity contribution in [2.24, 2.45) is 0 Å². The van der Waals surface area contributed by atoms with Crippen molar-refractivity contribution < 1.29 is 14.3 Å². The number of nitrogens with zero attached hydrogens (tertiary/aromatic N) is 2. The molecule has 0 bridgehead atoms. The number of methoxy groups -OCH3 is 1. The third-order valence-corrected chi connectivity index (χ3v) is 6.49. The highest BCUT2D eigenvalue weighted by atomic mass is 127. The Bertz CT molecular complexity index is 673. The summed E-state index contributed by atoms with van der Waals surface area (Å²) in [7, 11) is 1.77. The Balaban J connectivity index is 1.49. The standard InChI is InChI=1S/C22H33IN2O3/c1-22(2,3)28-21(26)25-13-11-24(12-14-25)18-8-5-16(6-9-18)19-10-7-17(23)15-20(19)27-4/h7,10,15-16,18H,5-6,8-9,11-14H2,1-4H3. The Morgan fingerprint density at radius 1 is 1.07 bits per heavy atom. The van der Waals surface area contributed by atoms with Gasteiger partial charge in [-0.2, -0.15) is 0 Å². The Kier molecular flexibility index (Phi) is 7.12. The molecule has 0 spiro atoms. The summed E-state index contributed by atoms with van der Waals surface area (Å²) in [5.74, 6) is 1.62. The second kappa shape index (κ2) is 9.20. The monoisotopic (exact) mass is 500 g/mol. The smallest absolute Gasteiger partial charge is 0.410 e. The summed E-state index contributed by atoms with van der Waals surface area (Å²) in [6, 6.07) is 7.19. The summed E-state index contributed by atoms with van der Waals surface area (Å²) in [5, 5.41) is 0. The fourth-order valence-corrected chi connectivity index (χ4v) is 4.83. The van der Waals surface area contributed by atoms with Gasteiger partial charge in [0.2, 0.25) is 0 Å². The minimum absolute atomic E-state index is 0.179. The molecule has 0 unspecified atom stereocenters. The average molecular weight is 500 g/mol. The van der Waals surface area contributed by atoms with E-state index in [1.807, 2.05) is 25.7 Å². The molecule has 1 aliphatic heterocycles. The van der Waals surface area contributed by atoms with Crippen LogP contribution in [-0.2, 0) is 4.74 Å². The fourth-order valence-electron chi connectivity index (χ4n) is 4.37. The van der Waals surface area contributed by atoms with E-state index in [-0.39, 0.29) is 6.09 Å². The third-order valence-electron chi connectivity index (χ3n) is 5.81. The highest BCUT2D eigenvalue weighted by molar-refractivity contribution is 14.1. The molecule has 5 nitrogen and oxygen atoms in total. The molecule has 1 amide bonds. The van der Waals surface area contributed by atoms with Gasteiger partial charge >= 0.3 is 6.09 Å². The van der Waals surface area contributed by atoms with Crippen LogP contribution in [0.15, 0.2) is 18.2 Å². The van der Waals surface area contributed by atoms with E-state index in [4.69, 9.17) is 9.47 Å². The van der Waals surface area contributed by atoms with Gasteiger partial charge in [-0.05, 0) is 92.7 Å². The van der Waals surface area contributed by atoms with Gasteiger partial charge in [-0.3, -0.25) is 4.90 Å². The van der Waals surface area contributed by atoms with E-state index in [0.717, 1.165) is 31.9 Å². The van der Waals surface area contributed by atoms with Crippen LogP contribution in [0.1, 0.15) is 57.9 Å². The van der Waals surface area contributed by atoms with Gasteiger partial charge in [-0.1, -0.05) is 6.07 Å². The molecular weight excluding hydrogens is 467 g/mol. The zero-order valence-electron chi connectivity index (χ0n) is 17.5. The van der Waals surface area contributed by atoms with Crippen molar-refractivity contribution in [1.29, 1.82) is 0 Å². The average Bonchev–Trinajstić information content (AvgIpc) is 2.67. The second-order valence-corrected chi connectivity index (χ2v) is 10.1. The van der Waals surface area contributed by atoms with Crippen LogP contribution in [-0.4, -0.2) is 60.8 Å². The number of carbonyl (C=O) groups is 1. The molecule has 6 heteroatoms. The molecular formula is C22H33IN2O3. The SMILES string of the molecule is COc1cc(I)ccc1C1CCC(N2CCN(C(=O)OC(C)(C)C)CC2)CC1. The molecule has 0 N–H and O–H groups in total. The van der Waals surface area contributed by atoms with Crippen molar-refractivity contribution >= 4 is 28.7 Å². The number of hydrogen-bond acceptors (Lipinski definition) is 4. The predicted octanol–water partition coefficient (Wildman–Crippen LogP) is 4.88. The van der Waals surface area contributed by atoms with E-state index in [9.17, 15) is 4.79 Å². The fraction of sp³-hybridized carbons (Fsp3) is 0.682. The van der Waals surface area contributed by atoms with E-state index >= 15 is 0 Å². The van der Waals surface area contributed by atoms with E-state index in [1.165, 1.54) is 34.8 Å². The zero-order valence-corrected chi connectivity index (χ0v) is 19.7. The molecule has 1 aromatic carbocycles. The van der Waals surface area contributed by atoms with E-state index in [0.29, 0.717) is 12.0 Å². The first kappa shape index (κ1) is 21.7. The number of rotatable bonds is 3. The zero-order chi connectivity index (χ0) is 20.3. The summed E-state index contributed by atoms with van der Waals surface area (Å²) in [6.45, 7) is 9.18. The summed E-state index contributed by atoms with van der Waals surface area (Å²) in [4.78, 5) is 16.7. The van der Waals surface area contributed by atoms with Gasteiger partial charge in [-0.15, -0.1) is 0 Å². The number of piperazine rings is 1. The molecule has 3 rings (SSSR count). The Morgan fingerprint density at radius 3 is 2.29 bits per heavy atom. The normalized spacial score (nSPS) is 24.1. The first-order valence-electron chi connectivity index (χ1n) is 10.3. The van der Waals surface area contributed by atoms with Gasteiger partial charge < -0.3 is 14.4 Å². The highest BCUT2D eigenvalue weighted by Crippen LogP contribution is 2.39. The van der Waals surface area contributed by atoms with Crippen molar-refractivity contribution in [2.45, 2.75) is 64.0 Å². The number of amides is 1. The van der Waals surface area contributed by atoms with Gasteiger partial charge in [0.25, 0.3) is 0 Å². The van der Waals surface area contributed by atoms with Crippen molar-refractivity contribution in [3.05, 3.63) is 27.3 Å². The minimum atomic E-state index is -0.427. The molecule has 0 radical (unpaired) electrons.